The minimum Gasteiger partial charge on any atom is -0.454 e. The summed E-state index contributed by atoms with van der Waals surface area (Å²) in [6, 6.07) is 12.0. The standard InChI is InChI=1S/C24H26N4O5S/c1-16-12-18-4-3-5-22(23(18)25-14-16)34(30,31)28-10-8-27(9-11-28)17(2)24(29)26-19-6-7-20-21(13-19)33-15-32-20/h3-7,12-14,17H,8-11,15H2,1-2H3,(H,26,29). The third-order valence-corrected chi connectivity index (χ3v) is 8.20. The predicted molar refractivity (Wildman–Crippen MR) is 127 cm³/mol. The average Bonchev–Trinajstić information content (AvgIpc) is 3.31. The molecule has 0 bridgehead atoms. The van der Waals surface area contributed by atoms with Gasteiger partial charge in [-0.05, 0) is 43.7 Å². The molecule has 178 valence electrons. The Balaban J connectivity index is 1.25. The number of hydrogen-bond acceptors (Lipinski definition) is 7. The number of nitrogens with zero attached hydrogens (tertiary/aromatic N) is 3. The highest BCUT2D eigenvalue weighted by molar-refractivity contribution is 7.89. The van der Waals surface area contributed by atoms with Crippen LogP contribution in [0, 0.1) is 6.92 Å². The van der Waals surface area contributed by atoms with E-state index in [1.54, 1.807) is 36.5 Å². The third-order valence-electron chi connectivity index (χ3n) is 6.27. The van der Waals surface area contributed by atoms with Crippen molar-refractivity contribution < 1.29 is 22.7 Å². The fraction of sp³-hybridized carbons (Fsp3) is 0.333. The number of fused-ring (bicyclic) bond motifs is 2. The number of sulfonamides is 1. The predicted octanol–water partition coefficient (Wildman–Crippen LogP) is 2.61. The highest BCUT2D eigenvalue weighted by Gasteiger charge is 2.33. The van der Waals surface area contributed by atoms with Crippen LogP contribution >= 0.6 is 0 Å². The first kappa shape index (κ1) is 22.6. The van der Waals surface area contributed by atoms with Gasteiger partial charge in [0, 0.05) is 49.5 Å². The molecule has 0 spiro atoms. The van der Waals surface area contributed by atoms with Gasteiger partial charge < -0.3 is 14.8 Å². The van der Waals surface area contributed by atoms with Crippen molar-refractivity contribution in [3.05, 3.63) is 54.2 Å². The van der Waals surface area contributed by atoms with E-state index in [1.165, 1.54) is 4.31 Å². The molecule has 1 aromatic heterocycles. The number of carbonyl (C=O) groups excluding carboxylic acids is 1. The number of amides is 1. The van der Waals surface area contributed by atoms with E-state index in [2.05, 4.69) is 10.3 Å². The Bertz CT molecular complexity index is 1350. The van der Waals surface area contributed by atoms with Crippen molar-refractivity contribution >= 4 is 32.5 Å². The first-order valence-electron chi connectivity index (χ1n) is 11.1. The van der Waals surface area contributed by atoms with Crippen molar-refractivity contribution in [3.63, 3.8) is 0 Å². The molecule has 1 fully saturated rings. The summed E-state index contributed by atoms with van der Waals surface area (Å²) in [4.78, 5) is 19.4. The van der Waals surface area contributed by atoms with Gasteiger partial charge in [-0.1, -0.05) is 12.1 Å². The van der Waals surface area contributed by atoms with Crippen LogP contribution in [0.4, 0.5) is 5.69 Å². The fourth-order valence-corrected chi connectivity index (χ4v) is 5.90. The topological polar surface area (TPSA) is 101 Å². The number of anilines is 1. The van der Waals surface area contributed by atoms with Crippen LogP contribution in [0.5, 0.6) is 11.5 Å². The van der Waals surface area contributed by atoms with Crippen LogP contribution in [0.15, 0.2) is 53.6 Å². The molecule has 1 atom stereocenters. The minimum atomic E-state index is -3.71. The Labute approximate surface area is 198 Å². The van der Waals surface area contributed by atoms with Gasteiger partial charge in [0.2, 0.25) is 22.7 Å². The number of nitrogens with one attached hydrogen (secondary N) is 1. The molecule has 5 rings (SSSR count). The monoisotopic (exact) mass is 482 g/mol. The van der Waals surface area contributed by atoms with Crippen LogP contribution < -0.4 is 14.8 Å². The van der Waals surface area contributed by atoms with E-state index in [9.17, 15) is 13.2 Å². The zero-order chi connectivity index (χ0) is 23.9. The van der Waals surface area contributed by atoms with Gasteiger partial charge in [-0.25, -0.2) is 8.42 Å². The van der Waals surface area contributed by atoms with Crippen LogP contribution in [0.3, 0.4) is 0 Å². The normalized spacial score (nSPS) is 17.6. The first-order chi connectivity index (χ1) is 16.3. The molecule has 2 aliphatic heterocycles. The van der Waals surface area contributed by atoms with E-state index in [1.807, 2.05) is 30.9 Å². The van der Waals surface area contributed by atoms with Gasteiger partial charge >= 0.3 is 0 Å². The molecule has 3 heterocycles. The lowest BCUT2D eigenvalue weighted by atomic mass is 10.2. The lowest BCUT2D eigenvalue weighted by Crippen LogP contribution is -2.53. The van der Waals surface area contributed by atoms with Crippen molar-refractivity contribution in [2.75, 3.05) is 38.3 Å². The van der Waals surface area contributed by atoms with Crippen molar-refractivity contribution in [2.45, 2.75) is 24.8 Å². The zero-order valence-corrected chi connectivity index (χ0v) is 19.8. The maximum absolute atomic E-state index is 13.4. The second kappa shape index (κ2) is 8.86. The number of piperazine rings is 1. The summed E-state index contributed by atoms with van der Waals surface area (Å²) in [5.74, 6) is 1.09. The molecule has 2 aromatic carbocycles. The van der Waals surface area contributed by atoms with E-state index in [4.69, 9.17) is 9.47 Å². The van der Waals surface area contributed by atoms with E-state index >= 15 is 0 Å². The molecule has 9 nitrogen and oxygen atoms in total. The summed E-state index contributed by atoms with van der Waals surface area (Å²) < 4.78 is 38.9. The Morgan fingerprint density at radius 3 is 2.62 bits per heavy atom. The molecule has 0 radical (unpaired) electrons. The molecule has 1 unspecified atom stereocenters. The van der Waals surface area contributed by atoms with E-state index in [-0.39, 0.29) is 17.6 Å². The third kappa shape index (κ3) is 4.20. The number of aryl methyl sites for hydroxylation is 1. The summed E-state index contributed by atoms with van der Waals surface area (Å²) in [5, 5.41) is 3.70. The Morgan fingerprint density at radius 1 is 1.06 bits per heavy atom. The number of aromatic nitrogens is 1. The molecule has 34 heavy (non-hydrogen) atoms. The Kier molecular flexibility index (Phi) is 5.88. The van der Waals surface area contributed by atoms with Crippen LogP contribution in [0.2, 0.25) is 0 Å². The molecule has 1 amide bonds. The van der Waals surface area contributed by atoms with Gasteiger partial charge in [-0.2, -0.15) is 4.31 Å². The highest BCUT2D eigenvalue weighted by Crippen LogP contribution is 2.34. The molecule has 1 N–H and O–H groups in total. The molecule has 3 aromatic rings. The van der Waals surface area contributed by atoms with E-state index < -0.39 is 16.1 Å². The maximum atomic E-state index is 13.4. The van der Waals surface area contributed by atoms with Crippen LogP contribution in [0.25, 0.3) is 10.9 Å². The number of carbonyl (C=O) groups is 1. The summed E-state index contributed by atoms with van der Waals surface area (Å²) in [7, 11) is -3.71. The smallest absolute Gasteiger partial charge is 0.245 e. The van der Waals surface area contributed by atoms with E-state index in [0.717, 1.165) is 10.9 Å². The molecule has 2 aliphatic rings. The molecular formula is C24H26N4O5S. The number of rotatable bonds is 5. The average molecular weight is 483 g/mol. The fourth-order valence-electron chi connectivity index (χ4n) is 4.31. The molecule has 0 saturated carbocycles. The van der Waals surface area contributed by atoms with Gasteiger partial charge in [0.1, 0.15) is 4.90 Å². The SMILES string of the molecule is Cc1cnc2c(S(=O)(=O)N3CCN(C(C)C(=O)Nc4ccc5c(c4)OCO5)CC3)cccc2c1. The summed E-state index contributed by atoms with van der Waals surface area (Å²) in [5.41, 5.74) is 2.08. The molecule has 10 heteroatoms. The second-order valence-corrected chi connectivity index (χ2v) is 10.4. The largest absolute Gasteiger partial charge is 0.454 e. The number of benzene rings is 2. The Morgan fingerprint density at radius 2 is 1.82 bits per heavy atom. The van der Waals surface area contributed by atoms with Crippen molar-refractivity contribution in [1.82, 2.24) is 14.2 Å². The summed E-state index contributed by atoms with van der Waals surface area (Å²) in [6.07, 6.45) is 1.68. The van der Waals surface area contributed by atoms with Crippen LogP contribution in [-0.2, 0) is 14.8 Å². The van der Waals surface area contributed by atoms with Crippen molar-refractivity contribution in [1.29, 1.82) is 0 Å². The molecule has 0 aliphatic carbocycles. The zero-order valence-electron chi connectivity index (χ0n) is 19.0. The maximum Gasteiger partial charge on any atom is 0.245 e. The minimum absolute atomic E-state index is 0.163. The quantitative estimate of drug-likeness (QED) is 0.597. The van der Waals surface area contributed by atoms with Crippen molar-refractivity contribution in [3.8, 4) is 11.5 Å². The Hall–Kier alpha value is -3.21. The molecule has 1 saturated heterocycles. The summed E-state index contributed by atoms with van der Waals surface area (Å²) >= 11 is 0. The van der Waals surface area contributed by atoms with Gasteiger partial charge in [0.15, 0.2) is 11.5 Å². The van der Waals surface area contributed by atoms with Crippen LogP contribution in [-0.4, -0.2) is 67.5 Å². The summed E-state index contributed by atoms with van der Waals surface area (Å²) in [6.45, 7) is 5.42. The number of ether oxygens (including phenoxy) is 2. The van der Waals surface area contributed by atoms with Crippen molar-refractivity contribution in [2.24, 2.45) is 0 Å². The number of pyridine rings is 1. The van der Waals surface area contributed by atoms with Gasteiger partial charge in [0.25, 0.3) is 0 Å². The number of hydrogen-bond donors (Lipinski definition) is 1. The number of para-hydroxylation sites is 1. The van der Waals surface area contributed by atoms with Gasteiger partial charge in [0.05, 0.1) is 11.6 Å². The first-order valence-corrected chi connectivity index (χ1v) is 12.6. The van der Waals surface area contributed by atoms with E-state index in [0.29, 0.717) is 48.9 Å². The lowest BCUT2D eigenvalue weighted by Gasteiger charge is -2.36. The second-order valence-electron chi connectivity index (χ2n) is 8.51. The van der Waals surface area contributed by atoms with Crippen LogP contribution in [0.1, 0.15) is 12.5 Å². The lowest BCUT2D eigenvalue weighted by molar-refractivity contribution is -0.121. The van der Waals surface area contributed by atoms with Gasteiger partial charge in [-0.3, -0.25) is 14.7 Å². The highest BCUT2D eigenvalue weighted by atomic mass is 32.2. The van der Waals surface area contributed by atoms with Gasteiger partial charge in [-0.15, -0.1) is 0 Å². The molecular weight excluding hydrogens is 456 g/mol.